The molecule has 1 aliphatic carbocycles. The van der Waals surface area contributed by atoms with Gasteiger partial charge in [-0.05, 0) is 38.3 Å². The van der Waals surface area contributed by atoms with E-state index in [1.807, 2.05) is 13.0 Å². The Balaban J connectivity index is 2.07. The maximum absolute atomic E-state index is 10.2. The summed E-state index contributed by atoms with van der Waals surface area (Å²) >= 11 is 0. The lowest BCUT2D eigenvalue weighted by Gasteiger charge is -2.34. The van der Waals surface area contributed by atoms with Crippen molar-refractivity contribution in [1.29, 1.82) is 0 Å². The summed E-state index contributed by atoms with van der Waals surface area (Å²) < 4.78 is 0. The number of nitrogens with zero attached hydrogens (tertiary/aromatic N) is 1. The third-order valence-electron chi connectivity index (χ3n) is 4.58. The number of phenols is 1. The van der Waals surface area contributed by atoms with Crippen molar-refractivity contribution in [3.8, 4) is 5.75 Å². The van der Waals surface area contributed by atoms with E-state index in [9.17, 15) is 5.11 Å². The maximum Gasteiger partial charge on any atom is 0.122 e. The number of aromatic hydroxyl groups is 1. The number of para-hydroxylation sites is 1. The second-order valence-electron chi connectivity index (χ2n) is 6.20. The van der Waals surface area contributed by atoms with Crippen LogP contribution < -0.4 is 0 Å². The van der Waals surface area contributed by atoms with E-state index < -0.39 is 0 Å². The monoisotopic (exact) mass is 275 g/mol. The van der Waals surface area contributed by atoms with Crippen LogP contribution in [0.25, 0.3) is 0 Å². The minimum atomic E-state index is 0.491. The van der Waals surface area contributed by atoms with Gasteiger partial charge in [0, 0.05) is 18.2 Å². The van der Waals surface area contributed by atoms with E-state index in [1.54, 1.807) is 0 Å². The molecule has 0 bridgehead atoms. The zero-order chi connectivity index (χ0) is 14.4. The number of rotatable bonds is 6. The summed E-state index contributed by atoms with van der Waals surface area (Å²) in [6.07, 6.45) is 9.28. The predicted molar refractivity (Wildman–Crippen MR) is 85.0 cm³/mol. The fraction of sp³-hybridized carbons (Fsp3) is 0.667. The van der Waals surface area contributed by atoms with Crippen molar-refractivity contribution >= 4 is 0 Å². The topological polar surface area (TPSA) is 23.5 Å². The van der Waals surface area contributed by atoms with Crippen LogP contribution in [0.5, 0.6) is 5.75 Å². The molecule has 112 valence electrons. The van der Waals surface area contributed by atoms with E-state index in [0.717, 1.165) is 30.3 Å². The number of hydrogen-bond donors (Lipinski definition) is 1. The highest BCUT2D eigenvalue weighted by Crippen LogP contribution is 2.28. The fourth-order valence-electron chi connectivity index (χ4n) is 3.26. The van der Waals surface area contributed by atoms with Gasteiger partial charge >= 0.3 is 0 Å². The number of phenolic OH excluding ortho intramolecular Hbond substituents is 1. The van der Waals surface area contributed by atoms with Gasteiger partial charge in [-0.15, -0.1) is 0 Å². The summed E-state index contributed by atoms with van der Waals surface area (Å²) in [7, 11) is 0. The van der Waals surface area contributed by atoms with Crippen molar-refractivity contribution in [1.82, 2.24) is 4.90 Å². The van der Waals surface area contributed by atoms with Gasteiger partial charge in [-0.3, -0.25) is 4.90 Å². The lowest BCUT2D eigenvalue weighted by atomic mass is 9.93. The van der Waals surface area contributed by atoms with Crippen LogP contribution in [0, 0.1) is 6.92 Å². The van der Waals surface area contributed by atoms with Gasteiger partial charge < -0.3 is 5.11 Å². The molecule has 0 unspecified atom stereocenters. The smallest absolute Gasteiger partial charge is 0.122 e. The summed E-state index contributed by atoms with van der Waals surface area (Å²) in [5.74, 6) is 0.491. The normalized spacial score (nSPS) is 16.8. The van der Waals surface area contributed by atoms with Crippen molar-refractivity contribution in [3.05, 3.63) is 29.3 Å². The van der Waals surface area contributed by atoms with E-state index in [-0.39, 0.29) is 0 Å². The Morgan fingerprint density at radius 3 is 2.65 bits per heavy atom. The Morgan fingerprint density at radius 1 is 1.20 bits per heavy atom. The molecule has 0 spiro atoms. The first kappa shape index (κ1) is 15.4. The zero-order valence-corrected chi connectivity index (χ0v) is 13.1. The molecule has 0 radical (unpaired) electrons. The first-order valence-corrected chi connectivity index (χ1v) is 8.24. The van der Waals surface area contributed by atoms with Crippen LogP contribution in [0.4, 0.5) is 0 Å². The van der Waals surface area contributed by atoms with Crippen molar-refractivity contribution in [2.75, 3.05) is 6.54 Å². The number of benzene rings is 1. The van der Waals surface area contributed by atoms with Gasteiger partial charge in [-0.1, -0.05) is 50.8 Å². The highest BCUT2D eigenvalue weighted by Gasteiger charge is 2.21. The molecule has 0 aromatic heterocycles. The van der Waals surface area contributed by atoms with Crippen LogP contribution in [0.15, 0.2) is 18.2 Å². The SMILES string of the molecule is CCCCN(Cc1cccc(C)c1O)C1CCCCC1. The number of unbranched alkanes of at least 4 members (excludes halogenated alkanes) is 1. The van der Waals surface area contributed by atoms with Crippen molar-refractivity contribution in [2.24, 2.45) is 0 Å². The molecule has 1 fully saturated rings. The molecule has 1 aromatic rings. The Morgan fingerprint density at radius 2 is 1.95 bits per heavy atom. The molecule has 0 heterocycles. The van der Waals surface area contributed by atoms with Gasteiger partial charge in [0.05, 0.1) is 0 Å². The van der Waals surface area contributed by atoms with Gasteiger partial charge in [0.25, 0.3) is 0 Å². The van der Waals surface area contributed by atoms with Crippen LogP contribution >= 0.6 is 0 Å². The molecule has 1 aliphatic rings. The lowest BCUT2D eigenvalue weighted by molar-refractivity contribution is 0.144. The first-order valence-electron chi connectivity index (χ1n) is 8.24. The third kappa shape index (κ3) is 3.99. The fourth-order valence-corrected chi connectivity index (χ4v) is 3.26. The first-order chi connectivity index (χ1) is 9.72. The van der Waals surface area contributed by atoms with Crippen molar-refractivity contribution in [2.45, 2.75) is 71.4 Å². The van der Waals surface area contributed by atoms with Crippen LogP contribution in [-0.4, -0.2) is 22.6 Å². The van der Waals surface area contributed by atoms with E-state index in [1.165, 1.54) is 44.9 Å². The van der Waals surface area contributed by atoms with Crippen molar-refractivity contribution in [3.63, 3.8) is 0 Å². The Hall–Kier alpha value is -1.02. The highest BCUT2D eigenvalue weighted by molar-refractivity contribution is 5.39. The average molecular weight is 275 g/mol. The predicted octanol–water partition coefficient (Wildman–Crippen LogP) is 4.64. The molecule has 2 nitrogen and oxygen atoms in total. The molecular weight excluding hydrogens is 246 g/mol. The second kappa shape index (κ2) is 7.68. The van der Waals surface area contributed by atoms with Crippen LogP contribution in [-0.2, 0) is 6.54 Å². The third-order valence-corrected chi connectivity index (χ3v) is 4.58. The molecule has 0 saturated heterocycles. The zero-order valence-electron chi connectivity index (χ0n) is 13.1. The molecule has 0 amide bonds. The molecule has 2 heteroatoms. The van der Waals surface area contributed by atoms with Gasteiger partial charge in [-0.2, -0.15) is 0 Å². The largest absolute Gasteiger partial charge is 0.507 e. The maximum atomic E-state index is 10.2. The molecule has 1 saturated carbocycles. The Labute approximate surface area is 123 Å². The molecular formula is C18H29NO. The van der Waals surface area contributed by atoms with Crippen LogP contribution in [0.3, 0.4) is 0 Å². The van der Waals surface area contributed by atoms with E-state index in [2.05, 4.69) is 24.0 Å². The quantitative estimate of drug-likeness (QED) is 0.818. The minimum absolute atomic E-state index is 0.491. The summed E-state index contributed by atoms with van der Waals surface area (Å²) in [5.41, 5.74) is 2.08. The molecule has 0 aliphatic heterocycles. The summed E-state index contributed by atoms with van der Waals surface area (Å²) in [6, 6.07) is 6.83. The number of aryl methyl sites for hydroxylation is 1. The van der Waals surface area contributed by atoms with E-state index >= 15 is 0 Å². The second-order valence-corrected chi connectivity index (χ2v) is 6.20. The van der Waals surface area contributed by atoms with E-state index in [4.69, 9.17) is 0 Å². The van der Waals surface area contributed by atoms with Gasteiger partial charge in [0.15, 0.2) is 0 Å². The molecule has 1 aromatic carbocycles. The highest BCUT2D eigenvalue weighted by atomic mass is 16.3. The minimum Gasteiger partial charge on any atom is -0.507 e. The molecule has 0 atom stereocenters. The van der Waals surface area contributed by atoms with Gasteiger partial charge in [0.1, 0.15) is 5.75 Å². The average Bonchev–Trinajstić information content (AvgIpc) is 2.48. The summed E-state index contributed by atoms with van der Waals surface area (Å²) in [6.45, 7) is 6.30. The summed E-state index contributed by atoms with van der Waals surface area (Å²) in [4.78, 5) is 2.61. The van der Waals surface area contributed by atoms with Crippen molar-refractivity contribution < 1.29 is 5.11 Å². The number of hydrogen-bond acceptors (Lipinski definition) is 2. The Kier molecular flexibility index (Phi) is 5.90. The van der Waals surface area contributed by atoms with Crippen LogP contribution in [0.1, 0.15) is 63.0 Å². The molecule has 1 N–H and O–H groups in total. The molecule has 20 heavy (non-hydrogen) atoms. The standard InChI is InChI=1S/C18H29NO/c1-3-4-13-19(17-11-6-5-7-12-17)14-16-10-8-9-15(2)18(16)20/h8-10,17,20H,3-7,11-14H2,1-2H3. The van der Waals surface area contributed by atoms with Gasteiger partial charge in [-0.25, -0.2) is 0 Å². The van der Waals surface area contributed by atoms with Gasteiger partial charge in [0.2, 0.25) is 0 Å². The van der Waals surface area contributed by atoms with Crippen LogP contribution in [0.2, 0.25) is 0 Å². The summed E-state index contributed by atoms with van der Waals surface area (Å²) in [5, 5.41) is 10.2. The molecule has 2 rings (SSSR count). The van der Waals surface area contributed by atoms with E-state index in [0.29, 0.717) is 5.75 Å². The Bertz CT molecular complexity index is 410. The lowest BCUT2D eigenvalue weighted by Crippen LogP contribution is -2.37.